The Kier molecular flexibility index (Phi) is 7.30. The van der Waals surface area contributed by atoms with Crippen LogP contribution in [0.1, 0.15) is 75.9 Å². The second-order valence-electron chi connectivity index (χ2n) is 8.91. The van der Waals surface area contributed by atoms with Gasteiger partial charge in [0, 0.05) is 11.3 Å². The quantitative estimate of drug-likeness (QED) is 0.549. The van der Waals surface area contributed by atoms with E-state index in [2.05, 4.69) is 59.0 Å². The molecule has 0 aliphatic rings. The molecule has 0 radical (unpaired) electrons. The van der Waals surface area contributed by atoms with Crippen LogP contribution in [0.25, 0.3) is 0 Å². The van der Waals surface area contributed by atoms with E-state index in [0.29, 0.717) is 11.4 Å². The number of amides is 1. The Bertz CT molecular complexity index is 915. The normalized spacial score (nSPS) is 11.8. The van der Waals surface area contributed by atoms with Crippen LogP contribution in [0.15, 0.2) is 42.5 Å². The highest BCUT2D eigenvalue weighted by atomic mass is 16.5. The van der Waals surface area contributed by atoms with Crippen LogP contribution >= 0.6 is 0 Å². The average Bonchev–Trinajstić information content (AvgIpc) is 2.72. The minimum absolute atomic E-state index is 0.0592. The van der Waals surface area contributed by atoms with E-state index in [1.54, 1.807) is 12.1 Å². The molecule has 0 fully saturated rings. The second kappa shape index (κ2) is 9.33. The van der Waals surface area contributed by atoms with Gasteiger partial charge in [-0.05, 0) is 53.5 Å². The van der Waals surface area contributed by atoms with Crippen molar-refractivity contribution in [1.29, 1.82) is 0 Å². The zero-order valence-corrected chi connectivity index (χ0v) is 18.8. The van der Waals surface area contributed by atoms with Crippen molar-refractivity contribution < 1.29 is 19.4 Å². The van der Waals surface area contributed by atoms with Crippen LogP contribution in [0, 0.1) is 0 Å². The molecular formula is C25H33NO4. The first-order valence-electron chi connectivity index (χ1n) is 10.4. The zero-order valence-electron chi connectivity index (χ0n) is 18.8. The van der Waals surface area contributed by atoms with Gasteiger partial charge in [-0.25, -0.2) is 4.79 Å². The Morgan fingerprint density at radius 1 is 0.967 bits per heavy atom. The number of hydrogen-bond acceptors (Lipinski definition) is 3. The molecule has 162 valence electrons. The lowest BCUT2D eigenvalue weighted by atomic mass is 9.76. The maximum absolute atomic E-state index is 12.4. The van der Waals surface area contributed by atoms with Crippen molar-refractivity contribution in [3.8, 4) is 5.75 Å². The van der Waals surface area contributed by atoms with E-state index in [1.807, 2.05) is 6.07 Å². The molecule has 0 spiro atoms. The van der Waals surface area contributed by atoms with Crippen molar-refractivity contribution in [2.45, 2.75) is 65.2 Å². The molecule has 0 atom stereocenters. The van der Waals surface area contributed by atoms with E-state index in [9.17, 15) is 9.59 Å². The van der Waals surface area contributed by atoms with E-state index in [-0.39, 0.29) is 28.9 Å². The summed E-state index contributed by atoms with van der Waals surface area (Å²) < 4.78 is 5.91. The highest BCUT2D eigenvalue weighted by Crippen LogP contribution is 2.38. The minimum atomic E-state index is -1.04. The van der Waals surface area contributed by atoms with Crippen LogP contribution in [0.4, 0.5) is 5.69 Å². The molecule has 0 heterocycles. The molecule has 5 heteroatoms. The Labute approximate surface area is 179 Å². The van der Waals surface area contributed by atoms with E-state index in [4.69, 9.17) is 9.84 Å². The fourth-order valence-corrected chi connectivity index (χ4v) is 3.07. The van der Waals surface area contributed by atoms with E-state index in [0.717, 1.165) is 18.4 Å². The fourth-order valence-electron chi connectivity index (χ4n) is 3.07. The molecule has 0 aromatic heterocycles. The SMILES string of the molecule is CCC(C)(C)c1ccc(OCC(=O)Nc2cccc(C(=O)O)c2)c(C(C)(C)CC)c1. The molecule has 0 unspecified atom stereocenters. The molecule has 1 amide bonds. The zero-order chi connectivity index (χ0) is 22.5. The number of aromatic carboxylic acids is 1. The Balaban J connectivity index is 2.20. The smallest absolute Gasteiger partial charge is 0.335 e. The first-order valence-corrected chi connectivity index (χ1v) is 10.4. The van der Waals surface area contributed by atoms with Gasteiger partial charge in [0.2, 0.25) is 0 Å². The minimum Gasteiger partial charge on any atom is -0.483 e. The monoisotopic (exact) mass is 411 g/mol. The molecule has 2 aromatic rings. The molecule has 0 saturated carbocycles. The summed E-state index contributed by atoms with van der Waals surface area (Å²) in [5.41, 5.74) is 2.85. The highest BCUT2D eigenvalue weighted by molar-refractivity contribution is 5.94. The maximum Gasteiger partial charge on any atom is 0.335 e. The lowest BCUT2D eigenvalue weighted by Gasteiger charge is -2.30. The number of rotatable bonds is 9. The molecule has 0 aliphatic heterocycles. The Hall–Kier alpha value is -2.82. The summed E-state index contributed by atoms with van der Waals surface area (Å²) in [4.78, 5) is 23.5. The van der Waals surface area contributed by atoms with Crippen molar-refractivity contribution in [3.63, 3.8) is 0 Å². The van der Waals surface area contributed by atoms with Crippen molar-refractivity contribution in [3.05, 3.63) is 59.2 Å². The molecule has 0 saturated heterocycles. The largest absolute Gasteiger partial charge is 0.483 e. The summed E-state index contributed by atoms with van der Waals surface area (Å²) >= 11 is 0. The number of carboxylic acid groups (broad SMARTS) is 1. The number of carboxylic acids is 1. The second-order valence-corrected chi connectivity index (χ2v) is 8.91. The molecule has 0 aliphatic carbocycles. The lowest BCUT2D eigenvalue weighted by Crippen LogP contribution is -2.24. The van der Waals surface area contributed by atoms with Crippen molar-refractivity contribution >= 4 is 17.6 Å². The van der Waals surface area contributed by atoms with Gasteiger partial charge in [0.1, 0.15) is 5.75 Å². The number of anilines is 1. The molecule has 30 heavy (non-hydrogen) atoms. The third-order valence-electron chi connectivity index (χ3n) is 6.01. The van der Waals surface area contributed by atoms with Gasteiger partial charge in [-0.15, -0.1) is 0 Å². The van der Waals surface area contributed by atoms with E-state index < -0.39 is 5.97 Å². The maximum atomic E-state index is 12.4. The fraction of sp³-hybridized carbons (Fsp3) is 0.440. The summed E-state index contributed by atoms with van der Waals surface area (Å²) in [6, 6.07) is 12.4. The van der Waals surface area contributed by atoms with Gasteiger partial charge in [-0.2, -0.15) is 0 Å². The molecule has 2 rings (SSSR count). The number of ether oxygens (including phenoxy) is 1. The standard InChI is InChI=1S/C25H33NO4/c1-7-24(3,4)18-12-13-21(20(15-18)25(5,6)8-2)30-16-22(27)26-19-11-9-10-17(14-19)23(28)29/h9-15H,7-8,16H2,1-6H3,(H,26,27)(H,28,29). The van der Waals surface area contributed by atoms with Crippen molar-refractivity contribution in [2.24, 2.45) is 0 Å². The van der Waals surface area contributed by atoms with Crippen LogP contribution in [0.3, 0.4) is 0 Å². The van der Waals surface area contributed by atoms with Gasteiger partial charge in [0.25, 0.3) is 5.91 Å². The third-order valence-corrected chi connectivity index (χ3v) is 6.01. The van der Waals surface area contributed by atoms with Gasteiger partial charge >= 0.3 is 5.97 Å². The first-order chi connectivity index (χ1) is 14.0. The number of nitrogens with one attached hydrogen (secondary N) is 1. The average molecular weight is 412 g/mol. The first kappa shape index (κ1) is 23.5. The highest BCUT2D eigenvalue weighted by Gasteiger charge is 2.26. The van der Waals surface area contributed by atoms with Gasteiger partial charge in [-0.1, -0.05) is 59.7 Å². The van der Waals surface area contributed by atoms with E-state index in [1.165, 1.54) is 17.7 Å². The van der Waals surface area contributed by atoms with Crippen LogP contribution in [-0.2, 0) is 15.6 Å². The summed E-state index contributed by atoms with van der Waals surface area (Å²) in [6.07, 6.45) is 1.96. The van der Waals surface area contributed by atoms with Gasteiger partial charge in [0.05, 0.1) is 5.56 Å². The van der Waals surface area contributed by atoms with Gasteiger partial charge in [-0.3, -0.25) is 4.79 Å². The summed E-state index contributed by atoms with van der Waals surface area (Å²) in [7, 11) is 0. The van der Waals surface area contributed by atoms with E-state index >= 15 is 0 Å². The van der Waals surface area contributed by atoms with Gasteiger partial charge < -0.3 is 15.2 Å². The number of carbonyl (C=O) groups is 2. The predicted molar refractivity (Wildman–Crippen MR) is 121 cm³/mol. The van der Waals surface area contributed by atoms with Gasteiger partial charge in [0.15, 0.2) is 6.61 Å². The van der Waals surface area contributed by atoms with Crippen LogP contribution in [-0.4, -0.2) is 23.6 Å². The Morgan fingerprint density at radius 2 is 1.63 bits per heavy atom. The number of benzene rings is 2. The third kappa shape index (κ3) is 5.62. The molecule has 2 aromatic carbocycles. The predicted octanol–water partition coefficient (Wildman–Crippen LogP) is 5.78. The van der Waals surface area contributed by atoms with Crippen LogP contribution in [0.2, 0.25) is 0 Å². The Morgan fingerprint density at radius 3 is 2.23 bits per heavy atom. The summed E-state index contributed by atoms with van der Waals surface area (Å²) in [5.74, 6) is -0.674. The lowest BCUT2D eigenvalue weighted by molar-refractivity contribution is -0.118. The molecular weight excluding hydrogens is 378 g/mol. The van der Waals surface area contributed by atoms with Crippen molar-refractivity contribution in [1.82, 2.24) is 0 Å². The molecule has 0 bridgehead atoms. The van der Waals surface area contributed by atoms with Crippen LogP contribution in [0.5, 0.6) is 5.75 Å². The number of hydrogen-bond donors (Lipinski definition) is 2. The van der Waals surface area contributed by atoms with Crippen molar-refractivity contribution in [2.75, 3.05) is 11.9 Å². The molecule has 2 N–H and O–H groups in total. The number of carbonyl (C=O) groups excluding carboxylic acids is 1. The molecule has 5 nitrogen and oxygen atoms in total. The van der Waals surface area contributed by atoms with Crippen LogP contribution < -0.4 is 10.1 Å². The summed E-state index contributed by atoms with van der Waals surface area (Å²) in [6.45, 7) is 13.0. The topological polar surface area (TPSA) is 75.6 Å². The summed E-state index contributed by atoms with van der Waals surface area (Å²) in [5, 5.41) is 11.8.